The van der Waals surface area contributed by atoms with E-state index in [1.54, 1.807) is 13.8 Å². The van der Waals surface area contributed by atoms with E-state index in [9.17, 15) is 35.9 Å². The summed E-state index contributed by atoms with van der Waals surface area (Å²) in [6, 6.07) is 2.52. The van der Waals surface area contributed by atoms with Crippen molar-refractivity contribution in [2.75, 3.05) is 13.4 Å². The van der Waals surface area contributed by atoms with E-state index in [-0.39, 0.29) is 23.5 Å². The lowest BCUT2D eigenvalue weighted by atomic mass is 9.97. The van der Waals surface area contributed by atoms with Gasteiger partial charge in [0.15, 0.2) is 9.84 Å². The number of halogens is 4. The Morgan fingerprint density at radius 1 is 1.15 bits per heavy atom. The summed E-state index contributed by atoms with van der Waals surface area (Å²) in [7, 11) is -3.25. The highest BCUT2D eigenvalue weighted by Crippen LogP contribution is 2.42. The van der Waals surface area contributed by atoms with Crippen LogP contribution in [0.4, 0.5) is 17.6 Å². The van der Waals surface area contributed by atoms with Gasteiger partial charge < -0.3 is 9.84 Å². The Bertz CT molecular complexity index is 1120. The number of carbonyl (C=O) groups is 1. The molecule has 0 spiro atoms. The standard InChI is InChI=1S/C22H25F4NO5S/c1-12(2)9-17(21(29)32-3)27-20(22(24,25)26)15-10-18(28)14(11-19(15)33(4,30)31)13-7-5-6-8-16(13)23/h5-8,10-12,17,20,27-28H,9H2,1-4H3/t17-,20?/m0/s1. The molecule has 0 heterocycles. The van der Waals surface area contributed by atoms with Gasteiger partial charge in [-0.1, -0.05) is 32.0 Å². The fraction of sp³-hybridized carbons (Fsp3) is 0.409. The predicted octanol–water partition coefficient (Wildman–Crippen LogP) is 4.38. The zero-order chi connectivity index (χ0) is 25.1. The van der Waals surface area contributed by atoms with Gasteiger partial charge in [0.2, 0.25) is 0 Å². The fourth-order valence-corrected chi connectivity index (χ4v) is 4.37. The van der Waals surface area contributed by atoms with Gasteiger partial charge in [-0.15, -0.1) is 0 Å². The quantitative estimate of drug-likeness (QED) is 0.421. The zero-order valence-electron chi connectivity index (χ0n) is 18.4. The molecule has 11 heteroatoms. The highest BCUT2D eigenvalue weighted by Gasteiger charge is 2.45. The molecule has 0 aliphatic carbocycles. The number of benzene rings is 2. The van der Waals surface area contributed by atoms with Crippen molar-refractivity contribution in [2.24, 2.45) is 5.92 Å². The van der Waals surface area contributed by atoms with Crippen molar-refractivity contribution in [1.29, 1.82) is 0 Å². The number of phenolic OH excluding ortho intramolecular Hbond substituents is 1. The van der Waals surface area contributed by atoms with Gasteiger partial charge >= 0.3 is 12.1 Å². The minimum atomic E-state index is -5.05. The maximum Gasteiger partial charge on any atom is 0.407 e. The van der Waals surface area contributed by atoms with Crippen LogP contribution in [0.5, 0.6) is 5.75 Å². The number of rotatable bonds is 8. The topological polar surface area (TPSA) is 92.7 Å². The van der Waals surface area contributed by atoms with E-state index in [4.69, 9.17) is 0 Å². The Labute approximate surface area is 189 Å². The zero-order valence-corrected chi connectivity index (χ0v) is 19.2. The Morgan fingerprint density at radius 3 is 2.24 bits per heavy atom. The molecule has 2 atom stereocenters. The lowest BCUT2D eigenvalue weighted by Gasteiger charge is -2.29. The molecule has 33 heavy (non-hydrogen) atoms. The number of hydrogen-bond donors (Lipinski definition) is 2. The van der Waals surface area contributed by atoms with Gasteiger partial charge in [0.05, 0.1) is 12.0 Å². The Kier molecular flexibility index (Phi) is 8.13. The van der Waals surface area contributed by atoms with Crippen LogP contribution in [0.15, 0.2) is 41.3 Å². The molecule has 0 fully saturated rings. The summed E-state index contributed by atoms with van der Waals surface area (Å²) in [5.74, 6) is -2.70. The minimum absolute atomic E-state index is 0.0211. The van der Waals surface area contributed by atoms with Crippen molar-refractivity contribution in [3.63, 3.8) is 0 Å². The van der Waals surface area contributed by atoms with Crippen LogP contribution < -0.4 is 5.32 Å². The van der Waals surface area contributed by atoms with Gasteiger partial charge in [0, 0.05) is 22.9 Å². The van der Waals surface area contributed by atoms with Gasteiger partial charge in [-0.25, -0.2) is 12.8 Å². The number of alkyl halides is 3. The second kappa shape index (κ2) is 10.1. The number of aromatic hydroxyl groups is 1. The van der Waals surface area contributed by atoms with E-state index in [0.29, 0.717) is 12.3 Å². The molecule has 0 aliphatic heterocycles. The summed E-state index contributed by atoms with van der Waals surface area (Å²) < 4.78 is 86.1. The number of carbonyl (C=O) groups excluding carboxylic acids is 1. The highest BCUT2D eigenvalue weighted by molar-refractivity contribution is 7.90. The summed E-state index contributed by atoms with van der Waals surface area (Å²) in [4.78, 5) is 11.3. The summed E-state index contributed by atoms with van der Waals surface area (Å²) in [6.07, 6.45) is -4.37. The monoisotopic (exact) mass is 491 g/mol. The number of ether oxygens (including phenoxy) is 1. The van der Waals surface area contributed by atoms with Gasteiger partial charge in [-0.05, 0) is 30.5 Å². The molecule has 2 aromatic carbocycles. The molecule has 182 valence electrons. The van der Waals surface area contributed by atoms with Crippen molar-refractivity contribution >= 4 is 15.8 Å². The number of methoxy groups -OCH3 is 1. The molecule has 0 amide bonds. The van der Waals surface area contributed by atoms with E-state index in [2.05, 4.69) is 10.1 Å². The summed E-state index contributed by atoms with van der Waals surface area (Å²) in [5, 5.41) is 12.6. The van der Waals surface area contributed by atoms with E-state index in [1.807, 2.05) is 0 Å². The first-order valence-electron chi connectivity index (χ1n) is 9.89. The molecule has 6 nitrogen and oxygen atoms in total. The summed E-state index contributed by atoms with van der Waals surface area (Å²) >= 11 is 0. The van der Waals surface area contributed by atoms with Crippen LogP contribution in [0.1, 0.15) is 31.9 Å². The van der Waals surface area contributed by atoms with Crippen molar-refractivity contribution in [2.45, 2.75) is 43.4 Å². The first-order chi connectivity index (χ1) is 15.2. The first-order valence-corrected chi connectivity index (χ1v) is 11.8. The van der Waals surface area contributed by atoms with Crippen LogP contribution in [0.25, 0.3) is 11.1 Å². The third-order valence-corrected chi connectivity index (χ3v) is 6.04. The number of phenols is 1. The third kappa shape index (κ3) is 6.44. The molecule has 0 saturated carbocycles. The summed E-state index contributed by atoms with van der Waals surface area (Å²) in [5.41, 5.74) is -1.29. The van der Waals surface area contributed by atoms with Crippen LogP contribution in [-0.2, 0) is 19.4 Å². The van der Waals surface area contributed by atoms with Crippen LogP contribution in [0, 0.1) is 11.7 Å². The van der Waals surface area contributed by atoms with Gasteiger partial charge in [-0.3, -0.25) is 10.1 Å². The van der Waals surface area contributed by atoms with E-state index in [1.165, 1.54) is 18.2 Å². The maximum atomic E-state index is 14.2. The normalized spacial score (nSPS) is 14.2. The molecule has 2 rings (SSSR count). The average Bonchev–Trinajstić information content (AvgIpc) is 2.69. The molecule has 0 aromatic heterocycles. The molecule has 0 aliphatic rings. The van der Waals surface area contributed by atoms with Crippen LogP contribution in [-0.4, -0.2) is 45.1 Å². The average molecular weight is 492 g/mol. The van der Waals surface area contributed by atoms with Crippen molar-refractivity contribution in [1.82, 2.24) is 5.32 Å². The lowest BCUT2D eigenvalue weighted by Crippen LogP contribution is -2.46. The number of hydrogen-bond acceptors (Lipinski definition) is 6. The maximum absolute atomic E-state index is 14.2. The van der Waals surface area contributed by atoms with Gasteiger partial charge in [0.25, 0.3) is 0 Å². The lowest BCUT2D eigenvalue weighted by molar-refractivity contribution is -0.165. The fourth-order valence-electron chi connectivity index (χ4n) is 3.43. The predicted molar refractivity (Wildman–Crippen MR) is 114 cm³/mol. The third-order valence-electron chi connectivity index (χ3n) is 4.89. The number of esters is 1. The summed E-state index contributed by atoms with van der Waals surface area (Å²) in [6.45, 7) is 3.38. The highest BCUT2D eigenvalue weighted by atomic mass is 32.2. The Balaban J connectivity index is 2.75. The smallest absolute Gasteiger partial charge is 0.407 e. The van der Waals surface area contributed by atoms with Gasteiger partial charge in [-0.2, -0.15) is 13.2 Å². The molecular weight excluding hydrogens is 466 g/mol. The van der Waals surface area contributed by atoms with E-state index >= 15 is 0 Å². The van der Waals surface area contributed by atoms with Crippen LogP contribution in [0.2, 0.25) is 0 Å². The second-order valence-corrected chi connectivity index (χ2v) is 9.99. The van der Waals surface area contributed by atoms with E-state index in [0.717, 1.165) is 19.2 Å². The van der Waals surface area contributed by atoms with Gasteiger partial charge in [0.1, 0.15) is 23.7 Å². The van der Waals surface area contributed by atoms with Crippen LogP contribution in [0.3, 0.4) is 0 Å². The molecule has 0 radical (unpaired) electrons. The molecular formula is C22H25F4NO5S. The Hall–Kier alpha value is -2.66. The molecule has 2 N–H and O–H groups in total. The largest absolute Gasteiger partial charge is 0.507 e. The van der Waals surface area contributed by atoms with Crippen molar-refractivity contribution in [3.8, 4) is 16.9 Å². The van der Waals surface area contributed by atoms with Crippen molar-refractivity contribution in [3.05, 3.63) is 47.8 Å². The molecule has 1 unspecified atom stereocenters. The van der Waals surface area contributed by atoms with Crippen LogP contribution >= 0.6 is 0 Å². The minimum Gasteiger partial charge on any atom is -0.507 e. The van der Waals surface area contributed by atoms with Crippen molar-refractivity contribution < 1.29 is 40.6 Å². The first kappa shape index (κ1) is 26.6. The number of nitrogens with one attached hydrogen (secondary N) is 1. The molecule has 0 saturated heterocycles. The molecule has 0 bridgehead atoms. The SMILES string of the molecule is COC(=O)[C@H](CC(C)C)NC(c1cc(O)c(-c2ccccc2F)cc1S(C)(=O)=O)C(F)(F)F. The number of sulfone groups is 1. The molecule has 2 aromatic rings. The Morgan fingerprint density at radius 2 is 1.76 bits per heavy atom. The second-order valence-electron chi connectivity index (χ2n) is 8.01. The van der Waals surface area contributed by atoms with E-state index < -0.39 is 56.1 Å².